The molecule has 25 heavy (non-hydrogen) atoms. The lowest BCUT2D eigenvalue weighted by atomic mass is 10.1. The summed E-state index contributed by atoms with van der Waals surface area (Å²) >= 11 is 0. The predicted molar refractivity (Wildman–Crippen MR) is 100 cm³/mol. The number of hydrogen-bond acceptors (Lipinski definition) is 3. The molecule has 0 fully saturated rings. The molecule has 0 aliphatic rings. The van der Waals surface area contributed by atoms with Crippen LogP contribution in [-0.4, -0.2) is 31.5 Å². The van der Waals surface area contributed by atoms with Crippen LogP contribution in [0.25, 0.3) is 0 Å². The van der Waals surface area contributed by atoms with Gasteiger partial charge < -0.3 is 4.90 Å². The SMILES string of the molecule is CCc1ccc(CN(C)C(=O)c2ccc(S(=O)(=O)C(C)C)cc2)cc1. The lowest BCUT2D eigenvalue weighted by Crippen LogP contribution is -2.26. The maximum Gasteiger partial charge on any atom is 0.253 e. The van der Waals surface area contributed by atoms with Gasteiger partial charge in [-0.15, -0.1) is 0 Å². The molecule has 0 aliphatic carbocycles. The number of sulfone groups is 1. The van der Waals surface area contributed by atoms with Crippen LogP contribution in [0.5, 0.6) is 0 Å². The number of benzene rings is 2. The Hall–Kier alpha value is -2.14. The molecular formula is C20H25NO3S. The van der Waals surface area contributed by atoms with Crippen molar-refractivity contribution < 1.29 is 13.2 Å². The largest absolute Gasteiger partial charge is 0.337 e. The first kappa shape index (κ1) is 19.2. The third kappa shape index (κ3) is 4.48. The van der Waals surface area contributed by atoms with Crippen LogP contribution >= 0.6 is 0 Å². The second-order valence-electron chi connectivity index (χ2n) is 6.45. The zero-order valence-corrected chi connectivity index (χ0v) is 16.0. The average molecular weight is 359 g/mol. The minimum Gasteiger partial charge on any atom is -0.337 e. The summed E-state index contributed by atoms with van der Waals surface area (Å²) in [5.74, 6) is -0.131. The summed E-state index contributed by atoms with van der Waals surface area (Å²) < 4.78 is 24.3. The summed E-state index contributed by atoms with van der Waals surface area (Å²) in [5, 5.41) is -0.484. The van der Waals surface area contributed by atoms with E-state index in [1.54, 1.807) is 37.9 Å². The van der Waals surface area contributed by atoms with Gasteiger partial charge in [0.25, 0.3) is 5.91 Å². The van der Waals surface area contributed by atoms with Crippen molar-refractivity contribution in [3.05, 3.63) is 65.2 Å². The van der Waals surface area contributed by atoms with E-state index in [9.17, 15) is 13.2 Å². The maximum atomic E-state index is 12.5. The van der Waals surface area contributed by atoms with E-state index in [1.165, 1.54) is 17.7 Å². The number of nitrogens with zero attached hydrogens (tertiary/aromatic N) is 1. The number of rotatable bonds is 6. The topological polar surface area (TPSA) is 54.5 Å². The second-order valence-corrected chi connectivity index (χ2v) is 8.95. The molecule has 0 spiro atoms. The average Bonchev–Trinajstić information content (AvgIpc) is 2.61. The van der Waals surface area contributed by atoms with Gasteiger partial charge in [0.15, 0.2) is 9.84 Å². The molecule has 1 amide bonds. The molecule has 0 saturated carbocycles. The minimum absolute atomic E-state index is 0.131. The van der Waals surface area contributed by atoms with E-state index >= 15 is 0 Å². The molecule has 2 aromatic rings. The van der Waals surface area contributed by atoms with Gasteiger partial charge in [-0.05, 0) is 55.7 Å². The monoisotopic (exact) mass is 359 g/mol. The van der Waals surface area contributed by atoms with Gasteiger partial charge in [-0.2, -0.15) is 0 Å². The van der Waals surface area contributed by atoms with E-state index < -0.39 is 15.1 Å². The normalized spacial score (nSPS) is 11.6. The van der Waals surface area contributed by atoms with Gasteiger partial charge in [0.05, 0.1) is 10.1 Å². The molecule has 0 unspecified atom stereocenters. The number of carbonyl (C=O) groups is 1. The highest BCUT2D eigenvalue weighted by Gasteiger charge is 2.20. The minimum atomic E-state index is -3.32. The van der Waals surface area contributed by atoms with Crippen LogP contribution in [0.1, 0.15) is 42.3 Å². The van der Waals surface area contributed by atoms with E-state index in [2.05, 4.69) is 19.1 Å². The van der Waals surface area contributed by atoms with Crippen molar-refractivity contribution in [1.29, 1.82) is 0 Å². The summed E-state index contributed by atoms with van der Waals surface area (Å²) in [6.45, 7) is 5.90. The van der Waals surface area contributed by atoms with E-state index in [0.29, 0.717) is 12.1 Å². The van der Waals surface area contributed by atoms with Crippen molar-refractivity contribution in [2.75, 3.05) is 7.05 Å². The van der Waals surface area contributed by atoms with Gasteiger partial charge in [-0.1, -0.05) is 31.2 Å². The standard InChI is InChI=1S/C20H25NO3S/c1-5-16-6-8-17(9-7-16)14-21(4)20(22)18-10-12-19(13-11-18)25(23,24)15(2)3/h6-13,15H,5,14H2,1-4H3. The van der Waals surface area contributed by atoms with Gasteiger partial charge in [0.1, 0.15) is 0 Å². The molecule has 5 heteroatoms. The van der Waals surface area contributed by atoms with Gasteiger partial charge in [-0.3, -0.25) is 4.79 Å². The molecule has 0 aromatic heterocycles. The summed E-state index contributed by atoms with van der Waals surface area (Å²) in [4.78, 5) is 14.4. The second kappa shape index (κ2) is 7.83. The number of hydrogen-bond donors (Lipinski definition) is 0. The number of amides is 1. The molecule has 0 heterocycles. The third-order valence-corrected chi connectivity index (χ3v) is 6.42. The Labute approximate surface area is 150 Å². The highest BCUT2D eigenvalue weighted by Crippen LogP contribution is 2.17. The van der Waals surface area contributed by atoms with Crippen LogP contribution in [-0.2, 0) is 22.8 Å². The zero-order chi connectivity index (χ0) is 18.6. The fraction of sp³-hybridized carbons (Fsp3) is 0.350. The zero-order valence-electron chi connectivity index (χ0n) is 15.2. The molecule has 0 atom stereocenters. The van der Waals surface area contributed by atoms with Crippen LogP contribution in [0, 0.1) is 0 Å². The van der Waals surface area contributed by atoms with Crippen LogP contribution in [0.15, 0.2) is 53.4 Å². The molecule has 2 rings (SSSR count). The van der Waals surface area contributed by atoms with E-state index in [1.807, 2.05) is 12.1 Å². The molecule has 0 N–H and O–H groups in total. The summed E-state index contributed by atoms with van der Waals surface area (Å²) in [7, 11) is -1.57. The number of carbonyl (C=O) groups excluding carboxylic acids is 1. The summed E-state index contributed by atoms with van der Waals surface area (Å²) in [6, 6.07) is 14.4. The molecular weight excluding hydrogens is 334 g/mol. The van der Waals surface area contributed by atoms with Gasteiger partial charge in [0.2, 0.25) is 0 Å². The van der Waals surface area contributed by atoms with E-state index in [4.69, 9.17) is 0 Å². The van der Waals surface area contributed by atoms with Crippen molar-refractivity contribution in [2.24, 2.45) is 0 Å². The predicted octanol–water partition coefficient (Wildman–Crippen LogP) is 3.70. The maximum absolute atomic E-state index is 12.5. The highest BCUT2D eigenvalue weighted by atomic mass is 32.2. The van der Waals surface area contributed by atoms with Crippen molar-refractivity contribution in [2.45, 2.75) is 43.9 Å². The van der Waals surface area contributed by atoms with Gasteiger partial charge in [0, 0.05) is 19.2 Å². The summed E-state index contributed by atoms with van der Waals surface area (Å²) in [5.41, 5.74) is 2.81. The first-order valence-corrected chi connectivity index (χ1v) is 9.97. The molecule has 0 bridgehead atoms. The van der Waals surface area contributed by atoms with Crippen LogP contribution in [0.3, 0.4) is 0 Å². The smallest absolute Gasteiger partial charge is 0.253 e. The van der Waals surface area contributed by atoms with Crippen molar-refractivity contribution in [1.82, 2.24) is 4.90 Å². The molecule has 0 saturated heterocycles. The fourth-order valence-electron chi connectivity index (χ4n) is 2.51. The number of aryl methyl sites for hydroxylation is 1. The molecule has 134 valence electrons. The Balaban J connectivity index is 2.11. The van der Waals surface area contributed by atoms with Crippen molar-refractivity contribution in [3.63, 3.8) is 0 Å². The first-order chi connectivity index (χ1) is 11.8. The lowest BCUT2D eigenvalue weighted by molar-refractivity contribution is 0.0785. The fourth-order valence-corrected chi connectivity index (χ4v) is 3.57. The van der Waals surface area contributed by atoms with Crippen LogP contribution in [0.2, 0.25) is 0 Å². The van der Waals surface area contributed by atoms with E-state index in [-0.39, 0.29) is 10.8 Å². The Morgan fingerprint density at radius 1 is 0.960 bits per heavy atom. The Kier molecular flexibility index (Phi) is 6.01. The summed E-state index contributed by atoms with van der Waals surface area (Å²) in [6.07, 6.45) is 0.987. The van der Waals surface area contributed by atoms with Crippen LogP contribution < -0.4 is 0 Å². The van der Waals surface area contributed by atoms with Crippen molar-refractivity contribution in [3.8, 4) is 0 Å². The van der Waals surface area contributed by atoms with E-state index in [0.717, 1.165) is 12.0 Å². The molecule has 0 aliphatic heterocycles. The molecule has 2 aromatic carbocycles. The van der Waals surface area contributed by atoms with Crippen LogP contribution in [0.4, 0.5) is 0 Å². The van der Waals surface area contributed by atoms with Gasteiger partial charge in [-0.25, -0.2) is 8.42 Å². The Bertz CT molecular complexity index is 822. The molecule has 0 radical (unpaired) electrons. The molecule has 4 nitrogen and oxygen atoms in total. The first-order valence-electron chi connectivity index (χ1n) is 8.43. The lowest BCUT2D eigenvalue weighted by Gasteiger charge is -2.18. The van der Waals surface area contributed by atoms with Crippen molar-refractivity contribution >= 4 is 15.7 Å². The quantitative estimate of drug-likeness (QED) is 0.790. The highest BCUT2D eigenvalue weighted by molar-refractivity contribution is 7.92. The Morgan fingerprint density at radius 2 is 1.48 bits per heavy atom. The Morgan fingerprint density at radius 3 is 1.96 bits per heavy atom. The third-order valence-electron chi connectivity index (χ3n) is 4.25. The van der Waals surface area contributed by atoms with Gasteiger partial charge >= 0.3 is 0 Å².